The smallest absolute Gasteiger partial charge is 0.154 e. The van der Waals surface area contributed by atoms with Crippen LogP contribution < -0.4 is 5.73 Å². The summed E-state index contributed by atoms with van der Waals surface area (Å²) in [6.45, 7) is 3.12. The lowest BCUT2D eigenvalue weighted by molar-refractivity contribution is -0.174. The number of nitrogens with two attached hydrogens (primary N) is 1. The van der Waals surface area contributed by atoms with E-state index < -0.39 is 0 Å². The van der Waals surface area contributed by atoms with Crippen LogP contribution in [0.15, 0.2) is 0 Å². The monoisotopic (exact) mass is 117 g/mol. The molecule has 0 atom stereocenters. The zero-order valence-corrected chi connectivity index (χ0v) is 4.96. The van der Waals surface area contributed by atoms with E-state index in [-0.39, 0.29) is 12.3 Å². The van der Waals surface area contributed by atoms with Crippen LogP contribution in [0, 0.1) is 0 Å². The lowest BCUT2D eigenvalue weighted by Gasteiger charge is -2.24. The van der Waals surface area contributed by atoms with Crippen molar-refractivity contribution in [3.63, 3.8) is 0 Å². The molecule has 0 aromatic heterocycles. The van der Waals surface area contributed by atoms with E-state index >= 15 is 0 Å². The molecule has 3 nitrogen and oxygen atoms in total. The molecule has 1 heterocycles. The van der Waals surface area contributed by atoms with Crippen LogP contribution in [0.25, 0.3) is 0 Å². The number of hydrogen-bond acceptors (Lipinski definition) is 3. The Morgan fingerprint density at radius 1 is 1.38 bits per heavy atom. The van der Waals surface area contributed by atoms with Crippen LogP contribution in [0.4, 0.5) is 0 Å². The largest absolute Gasteiger partial charge is 0.351 e. The molecule has 1 aliphatic rings. The van der Waals surface area contributed by atoms with E-state index in [0.717, 1.165) is 0 Å². The average molecular weight is 117 g/mol. The van der Waals surface area contributed by atoms with Gasteiger partial charge in [-0.25, -0.2) is 0 Å². The van der Waals surface area contributed by atoms with Gasteiger partial charge in [0.2, 0.25) is 0 Å². The summed E-state index contributed by atoms with van der Waals surface area (Å²) in [4.78, 5) is 0. The second-order valence-electron chi connectivity index (χ2n) is 1.99. The normalized spacial score (nSPS) is 39.8. The van der Waals surface area contributed by atoms with Crippen LogP contribution in [-0.4, -0.2) is 25.5 Å². The third-order valence-electron chi connectivity index (χ3n) is 1.09. The molecule has 0 aromatic rings. The van der Waals surface area contributed by atoms with E-state index in [4.69, 9.17) is 15.2 Å². The van der Waals surface area contributed by atoms with Crippen molar-refractivity contribution in [2.45, 2.75) is 19.3 Å². The molecule has 1 rings (SSSR count). The zero-order chi connectivity index (χ0) is 5.98. The second-order valence-corrected chi connectivity index (χ2v) is 1.99. The Balaban J connectivity index is 2.19. The highest BCUT2D eigenvalue weighted by Gasteiger charge is 2.13. The quantitative estimate of drug-likeness (QED) is 0.474. The summed E-state index contributed by atoms with van der Waals surface area (Å²) in [6.07, 6.45) is -0.0604. The van der Waals surface area contributed by atoms with Gasteiger partial charge in [-0.05, 0) is 6.92 Å². The minimum Gasteiger partial charge on any atom is -0.351 e. The molecule has 8 heavy (non-hydrogen) atoms. The maximum Gasteiger partial charge on any atom is 0.154 e. The molecule has 0 radical (unpaired) electrons. The molecule has 0 bridgehead atoms. The maximum atomic E-state index is 5.45. The topological polar surface area (TPSA) is 44.5 Å². The van der Waals surface area contributed by atoms with Gasteiger partial charge in [-0.2, -0.15) is 0 Å². The Labute approximate surface area is 48.8 Å². The fourth-order valence-corrected chi connectivity index (χ4v) is 0.614. The van der Waals surface area contributed by atoms with Crippen molar-refractivity contribution in [3.05, 3.63) is 0 Å². The standard InChI is InChI=1S/C5H11NO2/c1-4-7-2-5(6)3-8-4/h4-5H,2-3,6H2,1H3. The fraction of sp³-hybridized carbons (Fsp3) is 1.00. The van der Waals surface area contributed by atoms with Crippen molar-refractivity contribution in [1.29, 1.82) is 0 Å². The first-order valence-electron chi connectivity index (χ1n) is 2.78. The predicted molar refractivity (Wildman–Crippen MR) is 29.3 cm³/mol. The van der Waals surface area contributed by atoms with Crippen molar-refractivity contribution in [1.82, 2.24) is 0 Å². The van der Waals surface area contributed by atoms with Crippen molar-refractivity contribution in [2.24, 2.45) is 5.73 Å². The maximum absolute atomic E-state index is 5.45. The predicted octanol–water partition coefficient (Wildman–Crippen LogP) is -0.294. The van der Waals surface area contributed by atoms with Gasteiger partial charge >= 0.3 is 0 Å². The third kappa shape index (κ3) is 1.43. The van der Waals surface area contributed by atoms with Gasteiger partial charge in [0.05, 0.1) is 19.3 Å². The molecule has 2 N–H and O–H groups in total. The van der Waals surface area contributed by atoms with E-state index in [2.05, 4.69) is 0 Å². The van der Waals surface area contributed by atoms with Gasteiger partial charge in [0.15, 0.2) is 6.29 Å². The second kappa shape index (κ2) is 2.44. The molecule has 1 aliphatic heterocycles. The van der Waals surface area contributed by atoms with Gasteiger partial charge in [-0.3, -0.25) is 0 Å². The van der Waals surface area contributed by atoms with Crippen molar-refractivity contribution in [2.75, 3.05) is 13.2 Å². The zero-order valence-electron chi connectivity index (χ0n) is 4.96. The molecule has 3 heteroatoms. The van der Waals surface area contributed by atoms with Crippen LogP contribution in [0.5, 0.6) is 0 Å². The van der Waals surface area contributed by atoms with E-state index in [1.165, 1.54) is 0 Å². The summed E-state index contributed by atoms with van der Waals surface area (Å²) in [6, 6.07) is 0.0752. The molecule has 0 saturated carbocycles. The summed E-state index contributed by atoms with van der Waals surface area (Å²) < 4.78 is 10.1. The van der Waals surface area contributed by atoms with Crippen LogP contribution in [0.1, 0.15) is 6.92 Å². The molecule has 0 amide bonds. The molecule has 0 aliphatic carbocycles. The molecular weight excluding hydrogens is 106 g/mol. The van der Waals surface area contributed by atoms with Crippen LogP contribution in [0.3, 0.4) is 0 Å². The van der Waals surface area contributed by atoms with Crippen LogP contribution in [-0.2, 0) is 9.47 Å². The molecular formula is C5H11NO2. The Kier molecular flexibility index (Phi) is 1.83. The number of ether oxygens (including phenoxy) is 2. The molecule has 1 fully saturated rings. The third-order valence-corrected chi connectivity index (χ3v) is 1.09. The first kappa shape index (κ1) is 6.01. The van der Waals surface area contributed by atoms with E-state index in [0.29, 0.717) is 13.2 Å². The van der Waals surface area contributed by atoms with Crippen molar-refractivity contribution < 1.29 is 9.47 Å². The SMILES string of the molecule is CC1OCC(N)CO1. The molecule has 48 valence electrons. The highest BCUT2D eigenvalue weighted by molar-refractivity contribution is 4.61. The fourth-order valence-electron chi connectivity index (χ4n) is 0.614. The Morgan fingerprint density at radius 3 is 2.25 bits per heavy atom. The minimum absolute atomic E-state index is 0.0604. The first-order valence-corrected chi connectivity index (χ1v) is 2.78. The van der Waals surface area contributed by atoms with Gasteiger partial charge in [0.25, 0.3) is 0 Å². The summed E-state index contributed by atoms with van der Waals surface area (Å²) >= 11 is 0. The highest BCUT2D eigenvalue weighted by Crippen LogP contribution is 2.01. The van der Waals surface area contributed by atoms with Gasteiger partial charge in [-0.15, -0.1) is 0 Å². The Hall–Kier alpha value is -0.120. The van der Waals surface area contributed by atoms with Gasteiger partial charge in [-0.1, -0.05) is 0 Å². The molecule has 1 saturated heterocycles. The number of hydrogen-bond donors (Lipinski definition) is 1. The Morgan fingerprint density at radius 2 is 1.88 bits per heavy atom. The van der Waals surface area contributed by atoms with Crippen LogP contribution >= 0.6 is 0 Å². The molecule has 0 unspecified atom stereocenters. The number of rotatable bonds is 0. The van der Waals surface area contributed by atoms with Gasteiger partial charge < -0.3 is 15.2 Å². The van der Waals surface area contributed by atoms with Crippen molar-refractivity contribution >= 4 is 0 Å². The highest BCUT2D eigenvalue weighted by atomic mass is 16.7. The lowest BCUT2D eigenvalue weighted by Crippen LogP contribution is -2.39. The Bertz CT molecular complexity index is 58.8. The van der Waals surface area contributed by atoms with Crippen LogP contribution in [0.2, 0.25) is 0 Å². The summed E-state index contributed by atoms with van der Waals surface area (Å²) in [5.74, 6) is 0. The first-order chi connectivity index (χ1) is 3.79. The summed E-state index contributed by atoms with van der Waals surface area (Å²) in [5, 5.41) is 0. The minimum atomic E-state index is -0.0604. The van der Waals surface area contributed by atoms with E-state index in [9.17, 15) is 0 Å². The van der Waals surface area contributed by atoms with Crippen molar-refractivity contribution in [3.8, 4) is 0 Å². The van der Waals surface area contributed by atoms with Gasteiger partial charge in [0.1, 0.15) is 0 Å². The summed E-state index contributed by atoms with van der Waals surface area (Å²) in [5.41, 5.74) is 5.45. The van der Waals surface area contributed by atoms with E-state index in [1.807, 2.05) is 6.92 Å². The molecule has 0 aromatic carbocycles. The van der Waals surface area contributed by atoms with Gasteiger partial charge in [0, 0.05) is 0 Å². The lowest BCUT2D eigenvalue weighted by atomic mass is 10.3. The average Bonchev–Trinajstić information content (AvgIpc) is 1.77. The summed E-state index contributed by atoms with van der Waals surface area (Å²) in [7, 11) is 0. The molecule has 0 spiro atoms. The van der Waals surface area contributed by atoms with E-state index in [1.54, 1.807) is 0 Å².